The molecule has 0 bridgehead atoms. The zero-order chi connectivity index (χ0) is 8.44. The van der Waals surface area contributed by atoms with Crippen LogP contribution in [0.1, 0.15) is 57.8 Å². The Bertz CT molecular complexity index is 175. The molecule has 0 aliphatic heterocycles. The minimum absolute atomic E-state index is 0.195. The van der Waals surface area contributed by atoms with Crippen LogP contribution in [0.2, 0.25) is 0 Å². The van der Waals surface area contributed by atoms with Crippen molar-refractivity contribution in [3.8, 4) is 0 Å². The van der Waals surface area contributed by atoms with E-state index in [-0.39, 0.29) is 5.41 Å². The molecule has 0 heterocycles. The second-order valence-electron chi connectivity index (χ2n) is 4.47. The van der Waals surface area contributed by atoms with Crippen molar-refractivity contribution >= 4 is 5.78 Å². The molecular formula is C11H18O. The van der Waals surface area contributed by atoms with E-state index in [4.69, 9.17) is 0 Å². The molecule has 2 rings (SSSR count). The third-order valence-electron chi connectivity index (χ3n) is 3.73. The lowest BCUT2D eigenvalue weighted by Gasteiger charge is -2.41. The Morgan fingerprint density at radius 1 is 0.833 bits per heavy atom. The van der Waals surface area contributed by atoms with Crippen molar-refractivity contribution in [2.75, 3.05) is 0 Å². The van der Waals surface area contributed by atoms with Crippen LogP contribution in [-0.4, -0.2) is 5.78 Å². The molecule has 0 atom stereocenters. The molecule has 2 aliphatic carbocycles. The number of rotatable bonds is 0. The van der Waals surface area contributed by atoms with Crippen LogP contribution in [0.25, 0.3) is 0 Å². The molecule has 1 nitrogen and oxygen atoms in total. The maximum Gasteiger partial charge on any atom is 0.139 e. The maximum atomic E-state index is 11.5. The van der Waals surface area contributed by atoms with Gasteiger partial charge < -0.3 is 0 Å². The Morgan fingerprint density at radius 3 is 1.83 bits per heavy atom. The van der Waals surface area contributed by atoms with Gasteiger partial charge in [0.25, 0.3) is 0 Å². The summed E-state index contributed by atoms with van der Waals surface area (Å²) in [5.41, 5.74) is 0.195. The number of hydrogen-bond acceptors (Lipinski definition) is 1. The van der Waals surface area contributed by atoms with Crippen LogP contribution in [0, 0.1) is 5.41 Å². The first-order chi connectivity index (χ1) is 5.83. The van der Waals surface area contributed by atoms with Crippen LogP contribution in [0.3, 0.4) is 0 Å². The van der Waals surface area contributed by atoms with Gasteiger partial charge in [0, 0.05) is 11.8 Å². The predicted octanol–water partition coefficient (Wildman–Crippen LogP) is 3.08. The van der Waals surface area contributed by atoms with Gasteiger partial charge >= 0.3 is 0 Å². The zero-order valence-electron chi connectivity index (χ0n) is 7.77. The molecule has 2 fully saturated rings. The van der Waals surface area contributed by atoms with Crippen molar-refractivity contribution < 1.29 is 4.79 Å². The number of carbonyl (C=O) groups is 1. The fraction of sp³-hybridized carbons (Fsp3) is 0.909. The van der Waals surface area contributed by atoms with Gasteiger partial charge in [-0.2, -0.15) is 0 Å². The molecule has 0 unspecified atom stereocenters. The summed E-state index contributed by atoms with van der Waals surface area (Å²) in [6.45, 7) is 0. The Balaban J connectivity index is 1.97. The highest BCUT2D eigenvalue weighted by Gasteiger charge is 2.44. The topological polar surface area (TPSA) is 17.1 Å². The van der Waals surface area contributed by atoms with E-state index in [9.17, 15) is 4.79 Å². The van der Waals surface area contributed by atoms with Crippen LogP contribution < -0.4 is 0 Å². The number of ketones is 1. The average molecular weight is 166 g/mol. The molecule has 0 radical (unpaired) electrons. The zero-order valence-corrected chi connectivity index (χ0v) is 7.77. The largest absolute Gasteiger partial charge is 0.299 e. The highest BCUT2D eigenvalue weighted by atomic mass is 16.1. The molecule has 2 aliphatic rings. The summed E-state index contributed by atoms with van der Waals surface area (Å²) < 4.78 is 0. The second-order valence-corrected chi connectivity index (χ2v) is 4.47. The van der Waals surface area contributed by atoms with Gasteiger partial charge in [-0.3, -0.25) is 4.79 Å². The van der Waals surface area contributed by atoms with Crippen molar-refractivity contribution in [3.05, 3.63) is 0 Å². The number of hydrogen-bond donors (Lipinski definition) is 0. The van der Waals surface area contributed by atoms with Crippen molar-refractivity contribution in [2.24, 2.45) is 5.41 Å². The Morgan fingerprint density at radius 2 is 1.42 bits per heavy atom. The highest BCUT2D eigenvalue weighted by molar-refractivity contribution is 5.90. The monoisotopic (exact) mass is 166 g/mol. The Kier molecular flexibility index (Phi) is 2.20. The minimum atomic E-state index is 0.195. The third-order valence-corrected chi connectivity index (χ3v) is 3.73. The summed E-state index contributed by atoms with van der Waals surface area (Å²) >= 11 is 0. The molecular weight excluding hydrogens is 148 g/mol. The van der Waals surface area contributed by atoms with Gasteiger partial charge in [0.2, 0.25) is 0 Å². The van der Waals surface area contributed by atoms with Crippen molar-refractivity contribution in [1.29, 1.82) is 0 Å². The van der Waals surface area contributed by atoms with Gasteiger partial charge in [0.15, 0.2) is 0 Å². The lowest BCUT2D eigenvalue weighted by atomic mass is 9.61. The normalized spacial score (nSPS) is 29.2. The predicted molar refractivity (Wildman–Crippen MR) is 49.0 cm³/mol. The van der Waals surface area contributed by atoms with Crippen molar-refractivity contribution in [3.63, 3.8) is 0 Å². The van der Waals surface area contributed by atoms with Crippen LogP contribution in [0.15, 0.2) is 0 Å². The molecule has 0 aromatic carbocycles. The average Bonchev–Trinajstić information content (AvgIpc) is 2.01. The molecule has 1 spiro atoms. The van der Waals surface area contributed by atoms with Gasteiger partial charge in [0.1, 0.15) is 5.78 Å². The molecule has 1 heteroatoms. The van der Waals surface area contributed by atoms with Crippen LogP contribution in [-0.2, 0) is 4.79 Å². The van der Waals surface area contributed by atoms with Crippen LogP contribution in [0.4, 0.5) is 0 Å². The molecule has 0 N–H and O–H groups in total. The lowest BCUT2D eigenvalue weighted by molar-refractivity contribution is -0.139. The fourth-order valence-corrected chi connectivity index (χ4v) is 2.69. The van der Waals surface area contributed by atoms with E-state index in [0.29, 0.717) is 5.78 Å². The molecule has 2 saturated carbocycles. The van der Waals surface area contributed by atoms with Crippen LogP contribution >= 0.6 is 0 Å². The number of carbonyl (C=O) groups excluding carboxylic acids is 1. The SMILES string of the molecule is O=C1CCC12CCCCCCC2. The molecule has 0 aromatic heterocycles. The van der Waals surface area contributed by atoms with E-state index in [1.54, 1.807) is 0 Å². The van der Waals surface area contributed by atoms with E-state index < -0.39 is 0 Å². The summed E-state index contributed by atoms with van der Waals surface area (Å²) in [6.07, 6.45) is 11.2. The van der Waals surface area contributed by atoms with E-state index in [0.717, 1.165) is 6.42 Å². The van der Waals surface area contributed by atoms with Crippen molar-refractivity contribution in [1.82, 2.24) is 0 Å². The molecule has 12 heavy (non-hydrogen) atoms. The van der Waals surface area contributed by atoms with Gasteiger partial charge in [-0.15, -0.1) is 0 Å². The van der Waals surface area contributed by atoms with Gasteiger partial charge in [0.05, 0.1) is 0 Å². The van der Waals surface area contributed by atoms with E-state index >= 15 is 0 Å². The van der Waals surface area contributed by atoms with Crippen molar-refractivity contribution in [2.45, 2.75) is 57.8 Å². The third kappa shape index (κ3) is 1.30. The first kappa shape index (κ1) is 8.28. The first-order valence-electron chi connectivity index (χ1n) is 5.37. The lowest BCUT2D eigenvalue weighted by Crippen LogP contribution is -2.41. The molecule has 0 aromatic rings. The summed E-state index contributed by atoms with van der Waals surface area (Å²) in [5, 5.41) is 0. The standard InChI is InChI=1S/C11H18O/c12-10-6-9-11(10)7-4-2-1-3-5-8-11/h1-9H2. The Hall–Kier alpha value is -0.330. The smallest absolute Gasteiger partial charge is 0.139 e. The highest BCUT2D eigenvalue weighted by Crippen LogP contribution is 2.46. The molecule has 68 valence electrons. The summed E-state index contributed by atoms with van der Waals surface area (Å²) in [6, 6.07) is 0. The van der Waals surface area contributed by atoms with E-state index in [2.05, 4.69) is 0 Å². The number of Topliss-reactive ketones (excluding diaryl/α,β-unsaturated/α-hetero) is 1. The minimum Gasteiger partial charge on any atom is -0.299 e. The van der Waals surface area contributed by atoms with Gasteiger partial charge in [-0.05, 0) is 19.3 Å². The van der Waals surface area contributed by atoms with E-state index in [1.807, 2.05) is 0 Å². The maximum absolute atomic E-state index is 11.5. The summed E-state index contributed by atoms with van der Waals surface area (Å²) in [7, 11) is 0. The Labute approximate surface area is 74.5 Å². The van der Waals surface area contributed by atoms with Gasteiger partial charge in [-0.25, -0.2) is 0 Å². The summed E-state index contributed by atoms with van der Waals surface area (Å²) in [5.74, 6) is 0.574. The fourth-order valence-electron chi connectivity index (χ4n) is 2.69. The first-order valence-corrected chi connectivity index (χ1v) is 5.37. The van der Waals surface area contributed by atoms with E-state index in [1.165, 1.54) is 51.4 Å². The summed E-state index contributed by atoms with van der Waals surface area (Å²) in [4.78, 5) is 11.5. The van der Waals surface area contributed by atoms with Crippen LogP contribution in [0.5, 0.6) is 0 Å². The second kappa shape index (κ2) is 3.20. The van der Waals surface area contributed by atoms with Gasteiger partial charge in [-0.1, -0.05) is 32.1 Å². The quantitative estimate of drug-likeness (QED) is 0.540. The molecule has 0 amide bonds. The molecule has 0 saturated heterocycles.